The van der Waals surface area contributed by atoms with Crippen LogP contribution in [0.4, 0.5) is 0 Å². The van der Waals surface area contributed by atoms with Crippen LogP contribution in [0.1, 0.15) is 39.9 Å². The van der Waals surface area contributed by atoms with Gasteiger partial charge in [0.15, 0.2) is 9.84 Å². The summed E-state index contributed by atoms with van der Waals surface area (Å²) in [5.41, 5.74) is 3.29. The Kier molecular flexibility index (Phi) is 6.72. The van der Waals surface area contributed by atoms with Gasteiger partial charge in [-0.15, -0.1) is 0 Å². The van der Waals surface area contributed by atoms with Gasteiger partial charge >= 0.3 is 0 Å². The van der Waals surface area contributed by atoms with Crippen LogP contribution in [-0.2, 0) is 22.9 Å². The molecule has 156 valence electrons. The van der Waals surface area contributed by atoms with Crippen LogP contribution in [0.15, 0.2) is 47.4 Å². The summed E-state index contributed by atoms with van der Waals surface area (Å²) in [6.07, 6.45) is 2.61. The zero-order valence-electron chi connectivity index (χ0n) is 16.9. The van der Waals surface area contributed by atoms with Crippen LogP contribution in [-0.4, -0.2) is 49.8 Å². The van der Waals surface area contributed by atoms with E-state index in [1.807, 2.05) is 12.1 Å². The first-order chi connectivity index (χ1) is 13.7. The Bertz CT molecular complexity index is 963. The summed E-state index contributed by atoms with van der Waals surface area (Å²) in [5.74, 6) is -0.288. The van der Waals surface area contributed by atoms with Gasteiger partial charge in [0.1, 0.15) is 0 Å². The second-order valence-electron chi connectivity index (χ2n) is 7.76. The van der Waals surface area contributed by atoms with E-state index in [2.05, 4.69) is 22.3 Å². The lowest BCUT2D eigenvalue weighted by molar-refractivity contribution is 0.0792. The zero-order valence-corrected chi connectivity index (χ0v) is 17.7. The largest absolute Gasteiger partial charge is 0.393 e. The molecule has 0 saturated carbocycles. The van der Waals surface area contributed by atoms with E-state index in [1.54, 1.807) is 13.0 Å². The summed E-state index contributed by atoms with van der Waals surface area (Å²) >= 11 is 0. The van der Waals surface area contributed by atoms with Crippen molar-refractivity contribution in [3.05, 3.63) is 64.7 Å². The smallest absolute Gasteiger partial charge is 0.251 e. The van der Waals surface area contributed by atoms with E-state index < -0.39 is 9.84 Å². The minimum Gasteiger partial charge on any atom is -0.393 e. The van der Waals surface area contributed by atoms with Crippen molar-refractivity contribution in [1.29, 1.82) is 0 Å². The molecule has 2 aromatic carbocycles. The quantitative estimate of drug-likeness (QED) is 0.755. The number of aliphatic hydroxyl groups excluding tert-OH is 1. The monoisotopic (exact) mass is 416 g/mol. The maximum atomic E-state index is 12.5. The van der Waals surface area contributed by atoms with Gasteiger partial charge in [-0.25, -0.2) is 8.42 Å². The zero-order chi connectivity index (χ0) is 21.0. The maximum absolute atomic E-state index is 12.5. The molecule has 1 aliphatic rings. The molecular weight excluding hydrogens is 388 g/mol. The van der Waals surface area contributed by atoms with E-state index >= 15 is 0 Å². The Morgan fingerprint density at radius 1 is 1.10 bits per heavy atom. The number of aryl methyl sites for hydroxylation is 1. The number of likely N-dealkylation sites (tertiary alicyclic amines) is 1. The molecule has 0 aromatic heterocycles. The van der Waals surface area contributed by atoms with Crippen molar-refractivity contribution in [2.24, 2.45) is 0 Å². The third-order valence-electron chi connectivity index (χ3n) is 5.32. The van der Waals surface area contributed by atoms with Crippen LogP contribution in [0.25, 0.3) is 0 Å². The molecule has 3 rings (SSSR count). The third-order valence-corrected chi connectivity index (χ3v) is 6.43. The van der Waals surface area contributed by atoms with Crippen molar-refractivity contribution in [3.8, 4) is 0 Å². The van der Waals surface area contributed by atoms with Crippen molar-refractivity contribution in [2.45, 2.75) is 43.9 Å². The Morgan fingerprint density at radius 3 is 2.34 bits per heavy atom. The highest BCUT2D eigenvalue weighted by molar-refractivity contribution is 7.90. The highest BCUT2D eigenvalue weighted by atomic mass is 32.2. The van der Waals surface area contributed by atoms with Crippen molar-refractivity contribution < 1.29 is 18.3 Å². The normalized spacial score (nSPS) is 16.0. The fourth-order valence-electron chi connectivity index (χ4n) is 3.45. The van der Waals surface area contributed by atoms with Crippen molar-refractivity contribution in [2.75, 3.05) is 19.3 Å². The van der Waals surface area contributed by atoms with Gasteiger partial charge < -0.3 is 10.4 Å². The Labute approximate surface area is 172 Å². The second kappa shape index (κ2) is 9.07. The van der Waals surface area contributed by atoms with E-state index in [1.165, 1.54) is 17.7 Å². The number of nitrogens with one attached hydrogen (secondary N) is 1. The van der Waals surface area contributed by atoms with E-state index in [4.69, 9.17) is 0 Å². The van der Waals surface area contributed by atoms with Gasteiger partial charge in [0.2, 0.25) is 0 Å². The molecule has 1 amide bonds. The molecule has 0 unspecified atom stereocenters. The Hall–Kier alpha value is -2.22. The first-order valence-electron chi connectivity index (χ1n) is 9.79. The molecule has 1 heterocycles. The van der Waals surface area contributed by atoms with E-state index in [9.17, 15) is 18.3 Å². The van der Waals surface area contributed by atoms with Gasteiger partial charge in [0.05, 0.1) is 11.0 Å². The van der Waals surface area contributed by atoms with Crippen LogP contribution >= 0.6 is 0 Å². The third kappa shape index (κ3) is 5.88. The van der Waals surface area contributed by atoms with Crippen molar-refractivity contribution in [3.63, 3.8) is 0 Å². The van der Waals surface area contributed by atoms with Crippen LogP contribution in [0, 0.1) is 6.92 Å². The maximum Gasteiger partial charge on any atom is 0.251 e. The Balaban J connectivity index is 1.58. The number of hydrogen-bond donors (Lipinski definition) is 2. The number of aliphatic hydroxyl groups is 1. The number of hydrogen-bond acceptors (Lipinski definition) is 5. The van der Waals surface area contributed by atoms with E-state index in [0.717, 1.165) is 49.9 Å². The number of carbonyl (C=O) groups excluding carboxylic acids is 1. The predicted molar refractivity (Wildman–Crippen MR) is 112 cm³/mol. The van der Waals surface area contributed by atoms with Gasteiger partial charge in [-0.05, 0) is 48.6 Å². The molecule has 0 spiro atoms. The molecule has 2 aromatic rings. The van der Waals surface area contributed by atoms with Crippen LogP contribution in [0.3, 0.4) is 0 Å². The molecule has 1 aliphatic heterocycles. The van der Waals surface area contributed by atoms with Crippen molar-refractivity contribution in [1.82, 2.24) is 10.2 Å². The summed E-state index contributed by atoms with van der Waals surface area (Å²) in [6, 6.07) is 12.7. The average molecular weight is 417 g/mol. The lowest BCUT2D eigenvalue weighted by Crippen LogP contribution is -2.35. The minimum absolute atomic E-state index is 0.142. The molecule has 0 atom stereocenters. The number of piperidine rings is 1. The minimum atomic E-state index is -3.36. The van der Waals surface area contributed by atoms with Crippen LogP contribution < -0.4 is 5.32 Å². The van der Waals surface area contributed by atoms with E-state index in [0.29, 0.717) is 12.1 Å². The molecule has 7 heteroatoms. The second-order valence-corrected chi connectivity index (χ2v) is 9.77. The number of carbonyl (C=O) groups is 1. The van der Waals surface area contributed by atoms with Gasteiger partial charge in [0, 0.05) is 38.0 Å². The van der Waals surface area contributed by atoms with Crippen molar-refractivity contribution >= 4 is 15.7 Å². The number of rotatable bonds is 6. The van der Waals surface area contributed by atoms with Gasteiger partial charge in [0.25, 0.3) is 5.91 Å². The van der Waals surface area contributed by atoms with Gasteiger partial charge in [-0.1, -0.05) is 30.3 Å². The Morgan fingerprint density at radius 2 is 1.72 bits per heavy atom. The average Bonchev–Trinajstić information content (AvgIpc) is 2.68. The SMILES string of the molecule is Cc1ccc(S(C)(=O)=O)cc1C(=O)NCc1ccc(CN2CCC(O)CC2)cc1. The summed E-state index contributed by atoms with van der Waals surface area (Å²) in [7, 11) is -3.36. The fraction of sp³-hybridized carbons (Fsp3) is 0.409. The topological polar surface area (TPSA) is 86.7 Å². The number of sulfone groups is 1. The number of benzene rings is 2. The molecule has 0 radical (unpaired) electrons. The molecule has 0 aliphatic carbocycles. The molecule has 6 nitrogen and oxygen atoms in total. The molecule has 1 fully saturated rings. The van der Waals surface area contributed by atoms with Crippen LogP contribution in [0.5, 0.6) is 0 Å². The predicted octanol–water partition coefficient (Wildman–Crippen LogP) is 2.29. The molecular formula is C22H28N2O4S. The number of amides is 1. The molecule has 1 saturated heterocycles. The lowest BCUT2D eigenvalue weighted by atomic mass is 10.1. The van der Waals surface area contributed by atoms with E-state index in [-0.39, 0.29) is 16.9 Å². The highest BCUT2D eigenvalue weighted by Gasteiger charge is 2.17. The first kappa shape index (κ1) is 21.5. The summed E-state index contributed by atoms with van der Waals surface area (Å²) < 4.78 is 23.5. The fourth-order valence-corrected chi connectivity index (χ4v) is 4.10. The summed E-state index contributed by atoms with van der Waals surface area (Å²) in [5, 5.41) is 12.5. The first-order valence-corrected chi connectivity index (χ1v) is 11.7. The summed E-state index contributed by atoms with van der Waals surface area (Å²) in [6.45, 7) is 4.83. The highest BCUT2D eigenvalue weighted by Crippen LogP contribution is 2.17. The number of nitrogens with zero attached hydrogens (tertiary/aromatic N) is 1. The summed E-state index contributed by atoms with van der Waals surface area (Å²) in [4.78, 5) is 15.0. The lowest BCUT2D eigenvalue weighted by Gasteiger charge is -2.29. The van der Waals surface area contributed by atoms with Gasteiger partial charge in [-0.2, -0.15) is 0 Å². The molecule has 29 heavy (non-hydrogen) atoms. The molecule has 2 N–H and O–H groups in total. The standard InChI is InChI=1S/C22H28N2O4S/c1-16-3-8-20(29(2,27)28)13-21(16)22(26)23-14-17-4-6-18(7-5-17)15-24-11-9-19(25)10-12-24/h3-8,13,19,25H,9-12,14-15H2,1-2H3,(H,23,26). The van der Waals surface area contributed by atoms with Crippen LogP contribution in [0.2, 0.25) is 0 Å². The van der Waals surface area contributed by atoms with Gasteiger partial charge in [-0.3, -0.25) is 9.69 Å². The molecule has 0 bridgehead atoms.